The van der Waals surface area contributed by atoms with Gasteiger partial charge in [0.2, 0.25) is 5.43 Å². The molecule has 0 saturated carbocycles. The maximum absolute atomic E-state index is 12.5. The van der Waals surface area contributed by atoms with E-state index in [-0.39, 0.29) is 6.29 Å². The van der Waals surface area contributed by atoms with Crippen LogP contribution >= 0.6 is 0 Å². The van der Waals surface area contributed by atoms with Crippen LogP contribution in [0.4, 0.5) is 13.2 Å². The fourth-order valence-corrected chi connectivity index (χ4v) is 0.833. The molecule has 1 heterocycles. The first-order valence-corrected chi connectivity index (χ1v) is 3.22. The van der Waals surface area contributed by atoms with E-state index < -0.39 is 28.9 Å². The van der Waals surface area contributed by atoms with E-state index in [0.717, 1.165) is 0 Å². The van der Waals surface area contributed by atoms with Gasteiger partial charge < -0.3 is 4.98 Å². The summed E-state index contributed by atoms with van der Waals surface area (Å²) in [5, 5.41) is 0. The summed E-state index contributed by atoms with van der Waals surface area (Å²) in [5.41, 5.74) is -3.04. The van der Waals surface area contributed by atoms with Crippen LogP contribution in [0, 0.1) is 5.82 Å². The fraction of sp³-hybridized carbons (Fsp3) is 0.143. The van der Waals surface area contributed by atoms with Gasteiger partial charge in [-0.05, 0) is 0 Å². The highest BCUT2D eigenvalue weighted by Crippen LogP contribution is 2.16. The highest BCUT2D eigenvalue weighted by atomic mass is 19.3. The van der Waals surface area contributed by atoms with Crippen molar-refractivity contribution in [3.8, 4) is 0 Å². The number of aldehydes is 1. The highest BCUT2D eigenvalue weighted by Gasteiger charge is 2.17. The Morgan fingerprint density at radius 3 is 2.54 bits per heavy atom. The molecule has 1 aromatic rings. The Hall–Kier alpha value is -1.59. The van der Waals surface area contributed by atoms with Gasteiger partial charge in [0.25, 0.3) is 6.43 Å². The zero-order valence-corrected chi connectivity index (χ0v) is 6.18. The molecular weight excluding hydrogens is 187 g/mol. The van der Waals surface area contributed by atoms with E-state index in [1.807, 2.05) is 4.98 Å². The lowest BCUT2D eigenvalue weighted by Gasteiger charge is -2.01. The zero-order chi connectivity index (χ0) is 10.0. The van der Waals surface area contributed by atoms with Crippen LogP contribution in [-0.4, -0.2) is 11.3 Å². The number of pyridine rings is 1. The summed E-state index contributed by atoms with van der Waals surface area (Å²) >= 11 is 0. The minimum atomic E-state index is -3.01. The van der Waals surface area contributed by atoms with E-state index in [2.05, 4.69) is 0 Å². The van der Waals surface area contributed by atoms with Gasteiger partial charge in [-0.25, -0.2) is 13.2 Å². The summed E-state index contributed by atoms with van der Waals surface area (Å²) in [5.74, 6) is -1.26. The van der Waals surface area contributed by atoms with Gasteiger partial charge >= 0.3 is 0 Å². The molecule has 0 saturated heterocycles. The van der Waals surface area contributed by atoms with Crippen molar-refractivity contribution in [2.45, 2.75) is 6.43 Å². The minimum Gasteiger partial charge on any atom is -0.357 e. The van der Waals surface area contributed by atoms with Crippen molar-refractivity contribution in [1.82, 2.24) is 4.98 Å². The average molecular weight is 191 g/mol. The number of aromatic amines is 1. The molecule has 0 atom stereocenters. The molecule has 1 rings (SSSR count). The van der Waals surface area contributed by atoms with Gasteiger partial charge in [-0.2, -0.15) is 0 Å². The number of carbonyl (C=O) groups is 1. The molecule has 0 aliphatic heterocycles. The summed E-state index contributed by atoms with van der Waals surface area (Å²) in [6.45, 7) is 0. The Bertz CT molecular complexity index is 386. The molecule has 0 unspecified atom stereocenters. The molecule has 0 spiro atoms. The molecule has 13 heavy (non-hydrogen) atoms. The molecule has 0 aliphatic carbocycles. The lowest BCUT2D eigenvalue weighted by atomic mass is 10.2. The van der Waals surface area contributed by atoms with E-state index in [9.17, 15) is 22.8 Å². The fourth-order valence-electron chi connectivity index (χ4n) is 0.833. The van der Waals surface area contributed by atoms with Gasteiger partial charge in [0, 0.05) is 6.20 Å². The van der Waals surface area contributed by atoms with Crippen LogP contribution in [0.15, 0.2) is 11.0 Å². The number of nitrogens with one attached hydrogen (secondary N) is 1. The topological polar surface area (TPSA) is 49.9 Å². The normalized spacial score (nSPS) is 10.5. The van der Waals surface area contributed by atoms with Crippen LogP contribution in [0.5, 0.6) is 0 Å². The number of carbonyl (C=O) groups excluding carboxylic acids is 1. The molecule has 1 N–H and O–H groups in total. The molecule has 0 radical (unpaired) electrons. The molecule has 6 heteroatoms. The van der Waals surface area contributed by atoms with E-state index in [0.29, 0.717) is 6.20 Å². The predicted molar refractivity (Wildman–Crippen MR) is 37.4 cm³/mol. The number of aromatic nitrogens is 1. The summed E-state index contributed by atoms with van der Waals surface area (Å²) in [4.78, 5) is 22.8. The Morgan fingerprint density at radius 1 is 1.46 bits per heavy atom. The van der Waals surface area contributed by atoms with Gasteiger partial charge in [-0.3, -0.25) is 9.59 Å². The lowest BCUT2D eigenvalue weighted by Crippen LogP contribution is -2.17. The van der Waals surface area contributed by atoms with Gasteiger partial charge in [0.1, 0.15) is 0 Å². The first-order chi connectivity index (χ1) is 6.07. The third-order valence-corrected chi connectivity index (χ3v) is 1.44. The Labute approximate surface area is 70.2 Å². The molecule has 70 valence electrons. The smallest absolute Gasteiger partial charge is 0.279 e. The Morgan fingerprint density at radius 2 is 2.08 bits per heavy atom. The first kappa shape index (κ1) is 9.50. The number of hydrogen-bond acceptors (Lipinski definition) is 2. The van der Waals surface area contributed by atoms with Crippen molar-refractivity contribution < 1.29 is 18.0 Å². The number of alkyl halides is 2. The van der Waals surface area contributed by atoms with Crippen molar-refractivity contribution in [1.29, 1.82) is 0 Å². The number of H-pyrrole nitrogens is 1. The maximum atomic E-state index is 12.5. The number of rotatable bonds is 2. The van der Waals surface area contributed by atoms with E-state index in [1.165, 1.54) is 0 Å². The summed E-state index contributed by atoms with van der Waals surface area (Å²) in [7, 11) is 0. The van der Waals surface area contributed by atoms with Crippen molar-refractivity contribution in [3.63, 3.8) is 0 Å². The quantitative estimate of drug-likeness (QED) is 0.715. The van der Waals surface area contributed by atoms with Gasteiger partial charge in [0.15, 0.2) is 12.1 Å². The van der Waals surface area contributed by atoms with Gasteiger partial charge in [-0.1, -0.05) is 0 Å². The SMILES string of the molecule is O=Cc1c(C(F)F)[nH]cc(F)c1=O. The van der Waals surface area contributed by atoms with Crippen LogP contribution in [0.3, 0.4) is 0 Å². The monoisotopic (exact) mass is 191 g/mol. The second-order valence-corrected chi connectivity index (χ2v) is 2.21. The second kappa shape index (κ2) is 3.42. The van der Waals surface area contributed by atoms with Crippen LogP contribution < -0.4 is 5.43 Å². The molecule has 0 aromatic carbocycles. The third-order valence-electron chi connectivity index (χ3n) is 1.44. The predicted octanol–water partition coefficient (Wildman–Crippen LogP) is 1.26. The lowest BCUT2D eigenvalue weighted by molar-refractivity contribution is 0.110. The molecule has 0 bridgehead atoms. The van der Waals surface area contributed by atoms with Crippen LogP contribution in [0.1, 0.15) is 22.5 Å². The van der Waals surface area contributed by atoms with Crippen molar-refractivity contribution in [3.05, 3.63) is 33.5 Å². The third kappa shape index (κ3) is 1.61. The van der Waals surface area contributed by atoms with Crippen molar-refractivity contribution in [2.24, 2.45) is 0 Å². The molecule has 0 aliphatic rings. The van der Waals surface area contributed by atoms with Crippen LogP contribution in [-0.2, 0) is 0 Å². The zero-order valence-electron chi connectivity index (χ0n) is 6.18. The first-order valence-electron chi connectivity index (χ1n) is 3.22. The van der Waals surface area contributed by atoms with E-state index >= 15 is 0 Å². The molecule has 1 aromatic heterocycles. The molecule has 0 fully saturated rings. The van der Waals surface area contributed by atoms with Crippen LogP contribution in [0.2, 0.25) is 0 Å². The highest BCUT2D eigenvalue weighted by molar-refractivity contribution is 5.76. The van der Waals surface area contributed by atoms with E-state index in [1.54, 1.807) is 0 Å². The summed E-state index contributed by atoms with van der Waals surface area (Å²) < 4.78 is 36.6. The Balaban J connectivity index is 3.47. The number of halogens is 3. The molecular formula is C7H4F3NO2. The van der Waals surface area contributed by atoms with Crippen molar-refractivity contribution >= 4 is 6.29 Å². The molecule has 3 nitrogen and oxygen atoms in total. The minimum absolute atomic E-state index is 0.0938. The second-order valence-electron chi connectivity index (χ2n) is 2.21. The summed E-state index contributed by atoms with van der Waals surface area (Å²) in [6.07, 6.45) is -2.60. The summed E-state index contributed by atoms with van der Waals surface area (Å²) in [6, 6.07) is 0. The van der Waals surface area contributed by atoms with Gasteiger partial charge in [0.05, 0.1) is 11.3 Å². The molecule has 0 amide bonds. The van der Waals surface area contributed by atoms with Crippen molar-refractivity contribution in [2.75, 3.05) is 0 Å². The average Bonchev–Trinajstić information content (AvgIpc) is 2.09. The van der Waals surface area contributed by atoms with E-state index in [4.69, 9.17) is 0 Å². The Kier molecular flexibility index (Phi) is 2.50. The maximum Gasteiger partial charge on any atom is 0.279 e. The largest absolute Gasteiger partial charge is 0.357 e. The van der Waals surface area contributed by atoms with Gasteiger partial charge in [-0.15, -0.1) is 0 Å². The van der Waals surface area contributed by atoms with Crippen LogP contribution in [0.25, 0.3) is 0 Å². The standard InChI is InChI=1S/C7H4F3NO2/c8-4-1-11-5(7(9)10)3(2-12)6(4)13/h1-2,7H,(H,11,13). The number of hydrogen-bond donors (Lipinski definition) is 1.